The van der Waals surface area contributed by atoms with Crippen molar-refractivity contribution in [3.8, 4) is 0 Å². The summed E-state index contributed by atoms with van der Waals surface area (Å²) >= 11 is 1.62. The summed E-state index contributed by atoms with van der Waals surface area (Å²) in [4.78, 5) is 29.3. The average molecular weight is 406 g/mol. The zero-order chi connectivity index (χ0) is 20.1. The number of benzene rings is 1. The molecule has 0 atom stereocenters. The minimum Gasteiger partial charge on any atom is -0.354 e. The highest BCUT2D eigenvalue weighted by molar-refractivity contribution is 7.99. The first-order chi connectivity index (χ1) is 14.2. The molecule has 4 rings (SSSR count). The molecule has 3 heterocycles. The maximum Gasteiger partial charge on any atom is 0.228 e. The first-order valence-corrected chi connectivity index (χ1v) is 10.5. The van der Waals surface area contributed by atoms with Crippen molar-refractivity contribution in [1.82, 2.24) is 15.0 Å². The van der Waals surface area contributed by atoms with Crippen molar-refractivity contribution < 1.29 is 4.79 Å². The fourth-order valence-electron chi connectivity index (χ4n) is 3.39. The van der Waals surface area contributed by atoms with Gasteiger partial charge in [0.25, 0.3) is 0 Å². The number of pyridine rings is 1. The Kier molecular flexibility index (Phi) is 6.05. The van der Waals surface area contributed by atoms with E-state index in [4.69, 9.17) is 0 Å². The summed E-state index contributed by atoms with van der Waals surface area (Å²) in [6.07, 6.45) is 6.73. The fourth-order valence-corrected chi connectivity index (χ4v) is 4.30. The molecule has 1 fully saturated rings. The van der Waals surface area contributed by atoms with Gasteiger partial charge in [-0.25, -0.2) is 15.0 Å². The Morgan fingerprint density at radius 1 is 1.03 bits per heavy atom. The predicted octanol–water partition coefficient (Wildman–Crippen LogP) is 4.19. The third-order valence-electron chi connectivity index (χ3n) is 4.94. The summed E-state index contributed by atoms with van der Waals surface area (Å²) in [5.41, 5.74) is 1.08. The summed E-state index contributed by atoms with van der Waals surface area (Å²) in [5.74, 6) is 1.53. The van der Waals surface area contributed by atoms with Crippen LogP contribution in [-0.2, 0) is 4.79 Å². The van der Waals surface area contributed by atoms with Crippen LogP contribution in [0.1, 0.15) is 18.4 Å². The number of hydrogen-bond acceptors (Lipinski definition) is 6. The van der Waals surface area contributed by atoms with E-state index in [0.29, 0.717) is 5.82 Å². The molecule has 148 valence electrons. The zero-order valence-electron chi connectivity index (χ0n) is 16.3. The first-order valence-electron chi connectivity index (χ1n) is 9.71. The van der Waals surface area contributed by atoms with E-state index in [1.54, 1.807) is 30.4 Å². The minimum absolute atomic E-state index is 0.0181. The summed E-state index contributed by atoms with van der Waals surface area (Å²) < 4.78 is 0. The second-order valence-corrected chi connectivity index (χ2v) is 8.13. The van der Waals surface area contributed by atoms with Crippen LogP contribution in [0.5, 0.6) is 0 Å². The van der Waals surface area contributed by atoms with Gasteiger partial charge in [0.05, 0.1) is 0 Å². The monoisotopic (exact) mass is 405 g/mol. The van der Waals surface area contributed by atoms with E-state index in [0.717, 1.165) is 47.2 Å². The van der Waals surface area contributed by atoms with Crippen molar-refractivity contribution in [2.24, 2.45) is 5.92 Å². The van der Waals surface area contributed by atoms with Crippen LogP contribution in [0.3, 0.4) is 0 Å². The summed E-state index contributed by atoms with van der Waals surface area (Å²) in [5, 5.41) is 3.84. The fraction of sp³-hybridized carbons (Fsp3) is 0.273. The number of aryl methyl sites for hydroxylation is 1. The van der Waals surface area contributed by atoms with Crippen LogP contribution >= 0.6 is 11.8 Å². The second-order valence-electron chi connectivity index (χ2n) is 7.07. The van der Waals surface area contributed by atoms with Crippen LogP contribution in [-0.4, -0.2) is 33.9 Å². The molecule has 7 heteroatoms. The van der Waals surface area contributed by atoms with Gasteiger partial charge >= 0.3 is 0 Å². The third-order valence-corrected chi connectivity index (χ3v) is 5.93. The molecule has 6 nitrogen and oxygen atoms in total. The number of aromatic nitrogens is 3. The number of carbonyl (C=O) groups excluding carboxylic acids is 1. The molecule has 0 spiro atoms. The third kappa shape index (κ3) is 4.92. The van der Waals surface area contributed by atoms with Gasteiger partial charge in [0.15, 0.2) is 5.82 Å². The molecule has 0 unspecified atom stereocenters. The standard InChI is InChI=1S/C22H23N5OS/c1-16-7-10-23-19(15-16)26-21(28)17-8-13-27(14-9-17)20-22(25-12-11-24-20)29-18-5-3-2-4-6-18/h2-7,10-12,15,17H,8-9,13-14H2,1H3,(H,23,26,28). The van der Waals surface area contributed by atoms with Crippen molar-refractivity contribution in [3.05, 3.63) is 66.6 Å². The number of nitrogens with zero attached hydrogens (tertiary/aromatic N) is 4. The number of amides is 1. The number of anilines is 2. The minimum atomic E-state index is -0.0181. The quantitative estimate of drug-likeness (QED) is 0.686. The molecule has 29 heavy (non-hydrogen) atoms. The van der Waals surface area contributed by atoms with E-state index in [-0.39, 0.29) is 11.8 Å². The molecule has 1 saturated heterocycles. The van der Waals surface area contributed by atoms with Crippen LogP contribution in [0.15, 0.2) is 71.0 Å². The van der Waals surface area contributed by atoms with E-state index < -0.39 is 0 Å². The molecular weight excluding hydrogens is 382 g/mol. The van der Waals surface area contributed by atoms with Gasteiger partial charge in [-0.05, 0) is 49.6 Å². The van der Waals surface area contributed by atoms with Crippen molar-refractivity contribution in [2.45, 2.75) is 29.7 Å². The highest BCUT2D eigenvalue weighted by atomic mass is 32.2. The van der Waals surface area contributed by atoms with Crippen molar-refractivity contribution in [2.75, 3.05) is 23.3 Å². The molecule has 0 bridgehead atoms. The number of nitrogens with one attached hydrogen (secondary N) is 1. The lowest BCUT2D eigenvalue weighted by Gasteiger charge is -2.32. The van der Waals surface area contributed by atoms with Crippen LogP contribution in [0.4, 0.5) is 11.6 Å². The Morgan fingerprint density at radius 2 is 1.79 bits per heavy atom. The van der Waals surface area contributed by atoms with Crippen molar-refractivity contribution >= 4 is 29.3 Å². The first kappa shape index (κ1) is 19.4. The maximum atomic E-state index is 12.6. The number of piperidine rings is 1. The Morgan fingerprint density at radius 3 is 2.55 bits per heavy atom. The highest BCUT2D eigenvalue weighted by Crippen LogP contribution is 2.33. The lowest BCUT2D eigenvalue weighted by molar-refractivity contribution is -0.120. The number of hydrogen-bond donors (Lipinski definition) is 1. The largest absolute Gasteiger partial charge is 0.354 e. The van der Waals surface area contributed by atoms with Gasteiger partial charge in [0.2, 0.25) is 5.91 Å². The van der Waals surface area contributed by atoms with Crippen molar-refractivity contribution in [3.63, 3.8) is 0 Å². The Labute approximate surface area is 174 Å². The molecule has 0 radical (unpaired) electrons. The van der Waals surface area contributed by atoms with Gasteiger partial charge < -0.3 is 10.2 Å². The van der Waals surface area contributed by atoms with Gasteiger partial charge in [-0.15, -0.1) is 0 Å². The molecule has 0 aliphatic carbocycles. The molecule has 3 aromatic rings. The van der Waals surface area contributed by atoms with Crippen LogP contribution < -0.4 is 10.2 Å². The van der Waals surface area contributed by atoms with Gasteiger partial charge in [-0.1, -0.05) is 30.0 Å². The Bertz CT molecular complexity index is 974. The molecule has 1 amide bonds. The van der Waals surface area contributed by atoms with Gasteiger partial charge in [0, 0.05) is 42.5 Å². The predicted molar refractivity (Wildman–Crippen MR) is 115 cm³/mol. The number of carbonyl (C=O) groups is 1. The SMILES string of the molecule is Cc1ccnc(NC(=O)C2CCN(c3nccnc3Sc3ccccc3)CC2)c1. The average Bonchev–Trinajstić information content (AvgIpc) is 2.75. The van der Waals surface area contributed by atoms with E-state index in [9.17, 15) is 4.79 Å². The molecular formula is C22H23N5OS. The molecule has 1 aliphatic rings. The molecule has 1 N–H and O–H groups in total. The normalized spacial score (nSPS) is 14.6. The van der Waals surface area contributed by atoms with Gasteiger partial charge in [-0.3, -0.25) is 4.79 Å². The van der Waals surface area contributed by atoms with Gasteiger partial charge in [0.1, 0.15) is 10.8 Å². The molecule has 2 aromatic heterocycles. The molecule has 1 aromatic carbocycles. The Hall–Kier alpha value is -2.93. The topological polar surface area (TPSA) is 71.0 Å². The summed E-state index contributed by atoms with van der Waals surface area (Å²) in [6, 6.07) is 14.0. The lowest BCUT2D eigenvalue weighted by Crippen LogP contribution is -2.39. The van der Waals surface area contributed by atoms with Crippen LogP contribution in [0.25, 0.3) is 0 Å². The van der Waals surface area contributed by atoms with E-state index in [1.165, 1.54) is 0 Å². The van der Waals surface area contributed by atoms with Crippen LogP contribution in [0, 0.1) is 12.8 Å². The molecule has 0 saturated carbocycles. The maximum absolute atomic E-state index is 12.6. The summed E-state index contributed by atoms with van der Waals surface area (Å²) in [6.45, 7) is 3.54. The Balaban J connectivity index is 1.39. The lowest BCUT2D eigenvalue weighted by atomic mass is 9.96. The molecule has 1 aliphatic heterocycles. The van der Waals surface area contributed by atoms with Gasteiger partial charge in [-0.2, -0.15) is 0 Å². The highest BCUT2D eigenvalue weighted by Gasteiger charge is 2.27. The number of rotatable bonds is 5. The smallest absolute Gasteiger partial charge is 0.228 e. The van der Waals surface area contributed by atoms with Crippen molar-refractivity contribution in [1.29, 1.82) is 0 Å². The van der Waals surface area contributed by atoms with E-state index in [2.05, 4.69) is 37.3 Å². The summed E-state index contributed by atoms with van der Waals surface area (Å²) in [7, 11) is 0. The van der Waals surface area contributed by atoms with E-state index >= 15 is 0 Å². The second kappa shape index (κ2) is 9.05. The van der Waals surface area contributed by atoms with E-state index in [1.807, 2.05) is 37.3 Å². The zero-order valence-corrected chi connectivity index (χ0v) is 17.1. The van der Waals surface area contributed by atoms with Crippen LogP contribution in [0.2, 0.25) is 0 Å².